The molecule has 3 heterocycles. The van der Waals surface area contributed by atoms with Crippen molar-refractivity contribution < 1.29 is 4.79 Å². The molecule has 0 radical (unpaired) electrons. The van der Waals surface area contributed by atoms with Crippen LogP contribution in [-0.4, -0.2) is 65.8 Å². The Kier molecular flexibility index (Phi) is 6.24. The number of rotatable bonds is 6. The Morgan fingerprint density at radius 3 is 2.75 bits per heavy atom. The Bertz CT molecular complexity index is 990. The maximum atomic E-state index is 11.9. The number of nitrogens with one attached hydrogen (secondary N) is 2. The van der Waals surface area contributed by atoms with Gasteiger partial charge < -0.3 is 15.5 Å². The van der Waals surface area contributed by atoms with Gasteiger partial charge in [-0.1, -0.05) is 19.1 Å². The molecule has 3 aliphatic rings. The molecule has 1 aromatic carbocycles. The molecule has 5 rings (SSSR count). The highest BCUT2D eigenvalue weighted by molar-refractivity contribution is 7.99. The number of nitrogens with zero attached hydrogens (tertiary/aromatic N) is 4. The van der Waals surface area contributed by atoms with Crippen LogP contribution in [0, 0.1) is 5.92 Å². The predicted octanol–water partition coefficient (Wildman–Crippen LogP) is 3.02. The number of aryl methyl sites for hydroxylation is 1. The lowest BCUT2D eigenvalue weighted by atomic mass is 9.81. The predicted molar refractivity (Wildman–Crippen MR) is 130 cm³/mol. The third kappa shape index (κ3) is 4.43. The van der Waals surface area contributed by atoms with Gasteiger partial charge in [0.1, 0.15) is 5.82 Å². The van der Waals surface area contributed by atoms with Crippen LogP contribution in [0.5, 0.6) is 0 Å². The number of benzene rings is 1. The van der Waals surface area contributed by atoms with Gasteiger partial charge in [-0.3, -0.25) is 9.69 Å². The standard InChI is InChI=1S/C24H32N6OS/c1-16-6-7-19(16)26-22-21-20(8-13-32-21)27-24(28-22)30-11-9-29(10-12-30)15-17-4-3-5-18(14-17)23(31)25-2/h3-5,14,16,19H,6-13,15H2,1-2H3,(H,25,31)(H,26,27,28)/t16-,19+/m0/s1. The second-order valence-electron chi connectivity index (χ2n) is 9.09. The molecule has 0 bridgehead atoms. The molecule has 2 aromatic rings. The molecule has 1 saturated carbocycles. The van der Waals surface area contributed by atoms with Crippen LogP contribution in [0.2, 0.25) is 0 Å². The van der Waals surface area contributed by atoms with Gasteiger partial charge in [0.05, 0.1) is 10.6 Å². The SMILES string of the molecule is CNC(=O)c1cccc(CN2CCN(c3nc4c(c(N[C@@H]5CC[C@@H]5C)n3)SCC4)CC2)c1. The molecule has 0 spiro atoms. The zero-order valence-electron chi connectivity index (χ0n) is 18.9. The number of hydrogen-bond donors (Lipinski definition) is 2. The Labute approximate surface area is 194 Å². The zero-order valence-corrected chi connectivity index (χ0v) is 19.7. The van der Waals surface area contributed by atoms with E-state index in [9.17, 15) is 4.79 Å². The molecule has 8 heteroatoms. The van der Waals surface area contributed by atoms with Crippen molar-refractivity contribution in [2.45, 2.75) is 43.7 Å². The third-order valence-corrected chi connectivity index (χ3v) is 8.05. The first-order valence-corrected chi connectivity index (χ1v) is 12.7. The minimum Gasteiger partial charge on any atom is -0.366 e. The van der Waals surface area contributed by atoms with E-state index in [1.807, 2.05) is 30.0 Å². The van der Waals surface area contributed by atoms with Crippen LogP contribution in [-0.2, 0) is 13.0 Å². The Balaban J connectivity index is 1.24. The lowest BCUT2D eigenvalue weighted by Gasteiger charge is -2.37. The quantitative estimate of drug-likeness (QED) is 0.698. The summed E-state index contributed by atoms with van der Waals surface area (Å²) in [5, 5.41) is 6.43. The summed E-state index contributed by atoms with van der Waals surface area (Å²) in [6.07, 6.45) is 3.57. The van der Waals surface area contributed by atoms with Crippen LogP contribution in [0.3, 0.4) is 0 Å². The van der Waals surface area contributed by atoms with E-state index in [2.05, 4.69) is 33.4 Å². The molecule has 2 fully saturated rings. The molecule has 1 aliphatic carbocycles. The van der Waals surface area contributed by atoms with Crippen molar-refractivity contribution in [1.29, 1.82) is 0 Å². The number of fused-ring (bicyclic) bond motifs is 1. The summed E-state index contributed by atoms with van der Waals surface area (Å²) >= 11 is 1.89. The normalized spacial score (nSPS) is 22.9. The molecule has 0 unspecified atom stereocenters. The maximum absolute atomic E-state index is 11.9. The van der Waals surface area contributed by atoms with Gasteiger partial charge in [-0.15, -0.1) is 11.8 Å². The first kappa shape index (κ1) is 21.5. The van der Waals surface area contributed by atoms with Crippen LogP contribution < -0.4 is 15.5 Å². The van der Waals surface area contributed by atoms with Crippen LogP contribution in [0.1, 0.15) is 41.4 Å². The van der Waals surface area contributed by atoms with Gasteiger partial charge in [-0.25, -0.2) is 4.98 Å². The summed E-state index contributed by atoms with van der Waals surface area (Å²) in [4.78, 5) is 27.9. The van der Waals surface area contributed by atoms with Gasteiger partial charge in [0.2, 0.25) is 5.95 Å². The second kappa shape index (κ2) is 9.27. The molecule has 2 atom stereocenters. The second-order valence-corrected chi connectivity index (χ2v) is 10.2. The van der Waals surface area contributed by atoms with Crippen molar-refractivity contribution in [3.8, 4) is 0 Å². The van der Waals surface area contributed by atoms with Crippen LogP contribution >= 0.6 is 11.8 Å². The van der Waals surface area contributed by atoms with Gasteiger partial charge >= 0.3 is 0 Å². The highest BCUT2D eigenvalue weighted by atomic mass is 32.2. The molecule has 7 nitrogen and oxygen atoms in total. The average molecular weight is 453 g/mol. The van der Waals surface area contributed by atoms with Crippen LogP contribution in [0.4, 0.5) is 11.8 Å². The number of amides is 1. The minimum atomic E-state index is -0.0377. The maximum Gasteiger partial charge on any atom is 0.251 e. The minimum absolute atomic E-state index is 0.0377. The number of aromatic nitrogens is 2. The number of carbonyl (C=O) groups excluding carboxylic acids is 1. The molecule has 1 amide bonds. The van der Waals surface area contributed by atoms with Gasteiger partial charge in [-0.2, -0.15) is 4.98 Å². The van der Waals surface area contributed by atoms with E-state index < -0.39 is 0 Å². The molecule has 2 aliphatic heterocycles. The summed E-state index contributed by atoms with van der Waals surface area (Å²) in [7, 11) is 1.67. The smallest absolute Gasteiger partial charge is 0.251 e. The highest BCUT2D eigenvalue weighted by Gasteiger charge is 2.30. The van der Waals surface area contributed by atoms with E-state index in [0.29, 0.717) is 11.6 Å². The molecular formula is C24H32N6OS. The Hall–Kier alpha value is -2.32. The van der Waals surface area contributed by atoms with Crippen molar-refractivity contribution >= 4 is 29.4 Å². The van der Waals surface area contributed by atoms with Gasteiger partial charge in [0.25, 0.3) is 5.91 Å². The van der Waals surface area contributed by atoms with Crippen molar-refractivity contribution in [1.82, 2.24) is 20.2 Å². The number of anilines is 2. The molecule has 1 saturated heterocycles. The fourth-order valence-corrected chi connectivity index (χ4v) is 5.73. The van der Waals surface area contributed by atoms with Crippen LogP contribution in [0.25, 0.3) is 0 Å². The molecule has 1 aromatic heterocycles. The highest BCUT2D eigenvalue weighted by Crippen LogP contribution is 2.39. The average Bonchev–Trinajstić information content (AvgIpc) is 3.30. The fourth-order valence-electron chi connectivity index (χ4n) is 4.67. The Morgan fingerprint density at radius 1 is 1.19 bits per heavy atom. The Morgan fingerprint density at radius 2 is 2.03 bits per heavy atom. The summed E-state index contributed by atoms with van der Waals surface area (Å²) in [6.45, 7) is 6.93. The van der Waals surface area contributed by atoms with E-state index in [1.165, 1.54) is 29.0 Å². The molecular weight excluding hydrogens is 420 g/mol. The lowest BCUT2D eigenvalue weighted by molar-refractivity contribution is 0.0963. The first-order chi connectivity index (χ1) is 15.6. The summed E-state index contributed by atoms with van der Waals surface area (Å²) in [5.41, 5.74) is 3.10. The number of thioether (sulfide) groups is 1. The number of piperazine rings is 1. The number of hydrogen-bond acceptors (Lipinski definition) is 7. The molecule has 2 N–H and O–H groups in total. The topological polar surface area (TPSA) is 73.4 Å². The molecule has 32 heavy (non-hydrogen) atoms. The fraction of sp³-hybridized carbons (Fsp3) is 0.542. The van der Waals surface area contributed by atoms with Gasteiger partial charge in [-0.05, 0) is 36.5 Å². The van der Waals surface area contributed by atoms with Crippen molar-refractivity contribution in [2.75, 3.05) is 49.2 Å². The van der Waals surface area contributed by atoms with E-state index in [0.717, 1.165) is 62.6 Å². The summed E-state index contributed by atoms with van der Waals surface area (Å²) in [6, 6.07) is 8.46. The largest absolute Gasteiger partial charge is 0.366 e. The first-order valence-electron chi connectivity index (χ1n) is 11.7. The lowest BCUT2D eigenvalue weighted by Crippen LogP contribution is -2.46. The van der Waals surface area contributed by atoms with Gasteiger partial charge in [0, 0.05) is 63.6 Å². The van der Waals surface area contributed by atoms with E-state index in [-0.39, 0.29) is 5.91 Å². The van der Waals surface area contributed by atoms with Crippen LogP contribution in [0.15, 0.2) is 29.2 Å². The van der Waals surface area contributed by atoms with Crippen molar-refractivity contribution in [2.24, 2.45) is 5.92 Å². The summed E-state index contributed by atoms with van der Waals surface area (Å²) in [5.74, 6) is 3.72. The zero-order chi connectivity index (χ0) is 22.1. The monoisotopic (exact) mass is 452 g/mol. The van der Waals surface area contributed by atoms with E-state index >= 15 is 0 Å². The van der Waals surface area contributed by atoms with Gasteiger partial charge in [0.15, 0.2) is 0 Å². The third-order valence-electron chi connectivity index (χ3n) is 6.93. The summed E-state index contributed by atoms with van der Waals surface area (Å²) < 4.78 is 0. The van der Waals surface area contributed by atoms with Crippen molar-refractivity contribution in [3.63, 3.8) is 0 Å². The van der Waals surface area contributed by atoms with E-state index in [4.69, 9.17) is 9.97 Å². The number of carbonyl (C=O) groups is 1. The van der Waals surface area contributed by atoms with Crippen molar-refractivity contribution in [3.05, 3.63) is 41.1 Å². The van der Waals surface area contributed by atoms with E-state index in [1.54, 1.807) is 7.05 Å². The molecule has 170 valence electrons.